The van der Waals surface area contributed by atoms with Gasteiger partial charge in [-0.15, -0.1) is 0 Å². The minimum atomic E-state index is -0.117. The molecule has 3 heterocycles. The molecule has 1 aromatic carbocycles. The van der Waals surface area contributed by atoms with Gasteiger partial charge in [-0.05, 0) is 24.3 Å². The molecule has 5 nitrogen and oxygen atoms in total. The van der Waals surface area contributed by atoms with Gasteiger partial charge < -0.3 is 13.9 Å². The summed E-state index contributed by atoms with van der Waals surface area (Å²) >= 11 is 0. The van der Waals surface area contributed by atoms with Crippen molar-refractivity contribution in [2.45, 2.75) is 13.2 Å². The fraction of sp³-hybridized carbons (Fsp3) is 0.118. The number of furan rings is 2. The largest absolute Gasteiger partial charge is 0.472 e. The Hall–Kier alpha value is -2.79. The predicted octanol–water partition coefficient (Wildman–Crippen LogP) is 3.43. The van der Waals surface area contributed by atoms with Crippen LogP contribution in [0.2, 0.25) is 0 Å². The van der Waals surface area contributed by atoms with Gasteiger partial charge in [-0.3, -0.25) is 4.68 Å². The second-order valence-electron chi connectivity index (χ2n) is 5.08. The average Bonchev–Trinajstić information content (AvgIpc) is 3.27. The summed E-state index contributed by atoms with van der Waals surface area (Å²) < 4.78 is 12.7. The van der Waals surface area contributed by atoms with Crippen molar-refractivity contribution >= 4 is 10.9 Å². The van der Waals surface area contributed by atoms with Crippen LogP contribution in [-0.4, -0.2) is 14.9 Å². The van der Waals surface area contributed by atoms with Gasteiger partial charge in [0.2, 0.25) is 0 Å². The SMILES string of the molecule is OCc1ccc(-c2nn(Cc3ccoc3)c3ccccc23)o1. The van der Waals surface area contributed by atoms with E-state index in [4.69, 9.17) is 13.9 Å². The summed E-state index contributed by atoms with van der Waals surface area (Å²) in [7, 11) is 0. The van der Waals surface area contributed by atoms with Gasteiger partial charge in [0.15, 0.2) is 5.76 Å². The number of hydrogen-bond donors (Lipinski definition) is 1. The predicted molar refractivity (Wildman–Crippen MR) is 81.2 cm³/mol. The van der Waals surface area contributed by atoms with Crippen LogP contribution < -0.4 is 0 Å². The molecule has 0 saturated heterocycles. The van der Waals surface area contributed by atoms with Crippen molar-refractivity contribution in [3.8, 4) is 11.5 Å². The molecule has 22 heavy (non-hydrogen) atoms. The van der Waals surface area contributed by atoms with Gasteiger partial charge in [0.25, 0.3) is 0 Å². The van der Waals surface area contributed by atoms with E-state index in [0.29, 0.717) is 18.1 Å². The van der Waals surface area contributed by atoms with Gasteiger partial charge in [0, 0.05) is 10.9 Å². The fourth-order valence-electron chi connectivity index (χ4n) is 2.58. The molecule has 0 radical (unpaired) electrons. The fourth-order valence-corrected chi connectivity index (χ4v) is 2.58. The smallest absolute Gasteiger partial charge is 0.155 e. The molecule has 0 amide bonds. The quantitative estimate of drug-likeness (QED) is 0.626. The van der Waals surface area contributed by atoms with Gasteiger partial charge >= 0.3 is 0 Å². The molecular formula is C17H14N2O3. The molecule has 110 valence electrons. The third kappa shape index (κ3) is 2.12. The first-order valence-corrected chi connectivity index (χ1v) is 7.02. The van der Waals surface area contributed by atoms with E-state index in [9.17, 15) is 0 Å². The lowest BCUT2D eigenvalue weighted by Gasteiger charge is -2.00. The zero-order chi connectivity index (χ0) is 14.9. The van der Waals surface area contributed by atoms with Gasteiger partial charge in [-0.2, -0.15) is 5.10 Å². The second-order valence-corrected chi connectivity index (χ2v) is 5.08. The summed E-state index contributed by atoms with van der Waals surface area (Å²) in [5, 5.41) is 14.9. The number of aromatic nitrogens is 2. The Balaban J connectivity index is 1.85. The standard InChI is InChI=1S/C17H14N2O3/c20-10-13-5-6-16(22-13)17-14-3-1-2-4-15(14)19(18-17)9-12-7-8-21-11-12/h1-8,11,20H,9-10H2. The third-order valence-corrected chi connectivity index (χ3v) is 3.62. The molecule has 0 atom stereocenters. The van der Waals surface area contributed by atoms with Crippen molar-refractivity contribution in [3.05, 3.63) is 66.3 Å². The summed E-state index contributed by atoms with van der Waals surface area (Å²) in [6, 6.07) is 13.5. The van der Waals surface area contributed by atoms with E-state index in [-0.39, 0.29) is 6.61 Å². The number of nitrogens with zero attached hydrogens (tertiary/aromatic N) is 2. The van der Waals surface area contributed by atoms with E-state index in [2.05, 4.69) is 5.10 Å². The van der Waals surface area contributed by atoms with Crippen LogP contribution in [0.3, 0.4) is 0 Å². The first-order chi connectivity index (χ1) is 10.8. The molecule has 3 aromatic heterocycles. The molecule has 4 rings (SSSR count). The Kier molecular flexibility index (Phi) is 3.05. The van der Waals surface area contributed by atoms with E-state index in [1.54, 1.807) is 18.6 Å². The molecule has 0 bridgehead atoms. The van der Waals surface area contributed by atoms with Gasteiger partial charge in [0.1, 0.15) is 18.1 Å². The summed E-state index contributed by atoms with van der Waals surface area (Å²) in [5.41, 5.74) is 2.86. The zero-order valence-electron chi connectivity index (χ0n) is 11.8. The first kappa shape index (κ1) is 12.9. The number of rotatable bonds is 4. The summed E-state index contributed by atoms with van der Waals surface area (Å²) in [4.78, 5) is 0. The molecule has 0 spiro atoms. The lowest BCUT2D eigenvalue weighted by molar-refractivity contribution is 0.248. The molecule has 5 heteroatoms. The average molecular weight is 294 g/mol. The lowest BCUT2D eigenvalue weighted by Crippen LogP contribution is -2.00. The molecule has 0 saturated carbocycles. The molecule has 4 aromatic rings. The normalized spacial score (nSPS) is 11.3. The second kappa shape index (κ2) is 5.20. The van der Waals surface area contributed by atoms with E-state index >= 15 is 0 Å². The number of benzene rings is 1. The van der Waals surface area contributed by atoms with Crippen molar-refractivity contribution in [2.24, 2.45) is 0 Å². The molecule has 0 aliphatic rings. The topological polar surface area (TPSA) is 64.3 Å². The molecule has 1 N–H and O–H groups in total. The van der Waals surface area contributed by atoms with E-state index in [0.717, 1.165) is 22.2 Å². The maximum atomic E-state index is 9.16. The van der Waals surface area contributed by atoms with Crippen LogP contribution in [0.1, 0.15) is 11.3 Å². The van der Waals surface area contributed by atoms with Crippen LogP contribution in [0.4, 0.5) is 0 Å². The van der Waals surface area contributed by atoms with Crippen LogP contribution >= 0.6 is 0 Å². The number of fused-ring (bicyclic) bond motifs is 1. The van der Waals surface area contributed by atoms with E-state index in [1.807, 2.05) is 41.1 Å². The molecule has 0 unspecified atom stereocenters. The minimum Gasteiger partial charge on any atom is -0.472 e. The van der Waals surface area contributed by atoms with Crippen LogP contribution in [0.25, 0.3) is 22.4 Å². The van der Waals surface area contributed by atoms with Gasteiger partial charge in [-0.1, -0.05) is 18.2 Å². The highest BCUT2D eigenvalue weighted by Crippen LogP contribution is 2.29. The zero-order valence-corrected chi connectivity index (χ0v) is 11.8. The maximum Gasteiger partial charge on any atom is 0.155 e. The van der Waals surface area contributed by atoms with Crippen LogP contribution in [0, 0.1) is 0 Å². The Morgan fingerprint density at radius 1 is 1.09 bits per heavy atom. The Morgan fingerprint density at radius 2 is 2.00 bits per heavy atom. The Labute approximate surface area is 126 Å². The van der Waals surface area contributed by atoms with E-state index in [1.165, 1.54) is 0 Å². The highest BCUT2D eigenvalue weighted by molar-refractivity contribution is 5.92. The van der Waals surface area contributed by atoms with Crippen molar-refractivity contribution in [1.29, 1.82) is 0 Å². The van der Waals surface area contributed by atoms with E-state index < -0.39 is 0 Å². The van der Waals surface area contributed by atoms with Crippen molar-refractivity contribution < 1.29 is 13.9 Å². The van der Waals surface area contributed by atoms with Gasteiger partial charge in [0.05, 0.1) is 24.6 Å². The first-order valence-electron chi connectivity index (χ1n) is 7.02. The summed E-state index contributed by atoms with van der Waals surface area (Å²) in [5.74, 6) is 1.19. The minimum absolute atomic E-state index is 0.117. The van der Waals surface area contributed by atoms with Crippen molar-refractivity contribution in [2.75, 3.05) is 0 Å². The monoisotopic (exact) mass is 294 g/mol. The number of aliphatic hydroxyl groups is 1. The Morgan fingerprint density at radius 3 is 2.77 bits per heavy atom. The molecule has 0 fully saturated rings. The van der Waals surface area contributed by atoms with Crippen molar-refractivity contribution in [1.82, 2.24) is 9.78 Å². The highest BCUT2D eigenvalue weighted by Gasteiger charge is 2.15. The molecular weight excluding hydrogens is 280 g/mol. The third-order valence-electron chi connectivity index (χ3n) is 3.62. The highest BCUT2D eigenvalue weighted by atomic mass is 16.4. The maximum absolute atomic E-state index is 9.16. The van der Waals surface area contributed by atoms with Crippen molar-refractivity contribution in [3.63, 3.8) is 0 Å². The molecule has 0 aliphatic heterocycles. The van der Waals surface area contributed by atoms with Gasteiger partial charge in [-0.25, -0.2) is 0 Å². The summed E-state index contributed by atoms with van der Waals surface area (Å²) in [6.07, 6.45) is 3.37. The van der Waals surface area contributed by atoms with Crippen LogP contribution in [-0.2, 0) is 13.2 Å². The van der Waals surface area contributed by atoms with Crippen LogP contribution in [0.5, 0.6) is 0 Å². The number of hydrogen-bond acceptors (Lipinski definition) is 4. The summed E-state index contributed by atoms with van der Waals surface area (Å²) in [6.45, 7) is 0.512. The Bertz CT molecular complexity index is 903. The lowest BCUT2D eigenvalue weighted by atomic mass is 10.2. The number of aliphatic hydroxyl groups excluding tert-OH is 1. The number of para-hydroxylation sites is 1. The molecule has 0 aliphatic carbocycles. The van der Waals surface area contributed by atoms with Crippen LogP contribution in [0.15, 0.2) is 63.8 Å².